The SMILES string of the molecule is COC1CC(CC(=O)O)N(C(=O)c2ccc(C(C)(C)C)c([N+](=O)[O-])c2)C1. The van der Waals surface area contributed by atoms with Crippen LogP contribution >= 0.6 is 0 Å². The van der Waals surface area contributed by atoms with E-state index in [0.717, 1.165) is 0 Å². The lowest BCUT2D eigenvalue weighted by molar-refractivity contribution is -0.386. The van der Waals surface area contributed by atoms with Crippen LogP contribution in [0.4, 0.5) is 5.69 Å². The molecular weight excluding hydrogens is 340 g/mol. The third kappa shape index (κ3) is 4.19. The molecule has 1 aromatic carbocycles. The van der Waals surface area contributed by atoms with E-state index in [1.54, 1.807) is 12.1 Å². The first-order valence-electron chi connectivity index (χ1n) is 8.39. The van der Waals surface area contributed by atoms with Crippen LogP contribution in [0.25, 0.3) is 0 Å². The Labute approximate surface area is 151 Å². The lowest BCUT2D eigenvalue weighted by Crippen LogP contribution is -2.37. The lowest BCUT2D eigenvalue weighted by atomic mass is 9.85. The van der Waals surface area contributed by atoms with Crippen LogP contribution in [-0.2, 0) is 14.9 Å². The predicted octanol–water partition coefficient (Wildman–Crippen LogP) is 2.60. The van der Waals surface area contributed by atoms with Crippen molar-refractivity contribution in [2.45, 2.75) is 51.2 Å². The van der Waals surface area contributed by atoms with E-state index in [0.29, 0.717) is 12.0 Å². The minimum atomic E-state index is -1.00. The van der Waals surface area contributed by atoms with Crippen molar-refractivity contribution in [3.05, 3.63) is 39.4 Å². The molecule has 1 aliphatic rings. The fraction of sp³-hybridized carbons (Fsp3) is 0.556. The van der Waals surface area contributed by atoms with Crippen LogP contribution < -0.4 is 0 Å². The van der Waals surface area contributed by atoms with Crippen LogP contribution in [0.1, 0.15) is 49.5 Å². The molecule has 142 valence electrons. The van der Waals surface area contributed by atoms with Crippen molar-refractivity contribution in [2.24, 2.45) is 0 Å². The summed E-state index contributed by atoms with van der Waals surface area (Å²) in [5.41, 5.74) is 0.166. The molecule has 0 aromatic heterocycles. The van der Waals surface area contributed by atoms with E-state index in [2.05, 4.69) is 0 Å². The molecule has 2 unspecified atom stereocenters. The van der Waals surface area contributed by atoms with Crippen molar-refractivity contribution >= 4 is 17.6 Å². The number of nitro groups is 1. The number of hydrogen-bond donors (Lipinski definition) is 1. The highest BCUT2D eigenvalue weighted by Gasteiger charge is 2.37. The molecule has 0 aliphatic carbocycles. The number of nitro benzene ring substituents is 1. The Bertz CT molecular complexity index is 725. The third-order valence-electron chi connectivity index (χ3n) is 4.63. The Balaban J connectivity index is 2.37. The molecule has 1 amide bonds. The van der Waals surface area contributed by atoms with Gasteiger partial charge in [0.1, 0.15) is 0 Å². The molecule has 8 nitrogen and oxygen atoms in total. The van der Waals surface area contributed by atoms with Crippen LogP contribution in [0.2, 0.25) is 0 Å². The summed E-state index contributed by atoms with van der Waals surface area (Å²) in [5, 5.41) is 20.5. The average molecular weight is 364 g/mol. The molecule has 0 bridgehead atoms. The van der Waals surface area contributed by atoms with Crippen molar-refractivity contribution in [3.63, 3.8) is 0 Å². The van der Waals surface area contributed by atoms with Crippen LogP contribution in [0.15, 0.2) is 18.2 Å². The molecule has 26 heavy (non-hydrogen) atoms. The second kappa shape index (κ2) is 7.41. The molecule has 1 heterocycles. The van der Waals surface area contributed by atoms with Gasteiger partial charge in [0.25, 0.3) is 11.6 Å². The van der Waals surface area contributed by atoms with Gasteiger partial charge in [0.2, 0.25) is 0 Å². The predicted molar refractivity (Wildman–Crippen MR) is 94.3 cm³/mol. The van der Waals surface area contributed by atoms with Gasteiger partial charge in [-0.3, -0.25) is 19.7 Å². The second-order valence-corrected chi connectivity index (χ2v) is 7.54. The molecule has 1 fully saturated rings. The molecule has 0 spiro atoms. The van der Waals surface area contributed by atoms with E-state index in [1.807, 2.05) is 20.8 Å². The standard InChI is InChI=1S/C18H24N2O6/c1-18(2,3)14-6-5-11(7-15(14)20(24)25)17(23)19-10-13(26-4)8-12(19)9-16(21)22/h5-7,12-13H,8-10H2,1-4H3,(H,21,22). The van der Waals surface area contributed by atoms with Crippen LogP contribution in [-0.4, -0.2) is 52.6 Å². The number of amides is 1. The van der Waals surface area contributed by atoms with Crippen LogP contribution in [0.5, 0.6) is 0 Å². The Hall–Kier alpha value is -2.48. The lowest BCUT2D eigenvalue weighted by Gasteiger charge is -2.24. The first-order valence-corrected chi connectivity index (χ1v) is 8.39. The molecule has 1 aliphatic heterocycles. The number of carbonyl (C=O) groups is 2. The summed E-state index contributed by atoms with van der Waals surface area (Å²) in [6.07, 6.45) is -0.00284. The van der Waals surface area contributed by atoms with Gasteiger partial charge in [-0.15, -0.1) is 0 Å². The van der Waals surface area contributed by atoms with Crippen molar-refractivity contribution < 1.29 is 24.4 Å². The Morgan fingerprint density at radius 3 is 2.54 bits per heavy atom. The fourth-order valence-corrected chi connectivity index (χ4v) is 3.30. The molecule has 8 heteroatoms. The van der Waals surface area contributed by atoms with Crippen molar-refractivity contribution in [2.75, 3.05) is 13.7 Å². The van der Waals surface area contributed by atoms with Crippen LogP contribution in [0, 0.1) is 10.1 Å². The molecule has 0 radical (unpaired) electrons. The normalized spacial score (nSPS) is 20.2. The maximum atomic E-state index is 12.9. The molecule has 0 saturated carbocycles. The van der Waals surface area contributed by atoms with E-state index in [9.17, 15) is 19.7 Å². The molecule has 1 saturated heterocycles. The maximum absolute atomic E-state index is 12.9. The number of benzene rings is 1. The van der Waals surface area contributed by atoms with Gasteiger partial charge in [-0.25, -0.2) is 0 Å². The maximum Gasteiger partial charge on any atom is 0.305 e. The number of methoxy groups -OCH3 is 1. The summed E-state index contributed by atoms with van der Waals surface area (Å²) < 4.78 is 5.27. The Morgan fingerprint density at radius 2 is 2.04 bits per heavy atom. The largest absolute Gasteiger partial charge is 0.481 e. The van der Waals surface area contributed by atoms with Gasteiger partial charge in [-0.2, -0.15) is 0 Å². The van der Waals surface area contributed by atoms with Gasteiger partial charge < -0.3 is 14.7 Å². The van der Waals surface area contributed by atoms with Gasteiger partial charge >= 0.3 is 5.97 Å². The number of nitrogens with zero attached hydrogens (tertiary/aromatic N) is 2. The summed E-state index contributed by atoms with van der Waals surface area (Å²) >= 11 is 0. The van der Waals surface area contributed by atoms with Gasteiger partial charge in [0.05, 0.1) is 17.4 Å². The zero-order valence-electron chi connectivity index (χ0n) is 15.4. The zero-order valence-corrected chi connectivity index (χ0v) is 15.4. The zero-order chi connectivity index (χ0) is 19.6. The summed E-state index contributed by atoms with van der Waals surface area (Å²) in [6.45, 7) is 5.86. The molecule has 1 aromatic rings. The highest BCUT2D eigenvalue weighted by atomic mass is 16.6. The van der Waals surface area contributed by atoms with E-state index in [4.69, 9.17) is 9.84 Å². The van der Waals surface area contributed by atoms with Crippen molar-refractivity contribution in [1.29, 1.82) is 0 Å². The average Bonchev–Trinajstić information content (AvgIpc) is 2.94. The highest BCUT2D eigenvalue weighted by Crippen LogP contribution is 2.33. The Morgan fingerprint density at radius 1 is 1.38 bits per heavy atom. The minimum Gasteiger partial charge on any atom is -0.481 e. The van der Waals surface area contributed by atoms with E-state index >= 15 is 0 Å². The summed E-state index contributed by atoms with van der Waals surface area (Å²) in [4.78, 5) is 36.4. The number of carboxylic acids is 1. The third-order valence-corrected chi connectivity index (χ3v) is 4.63. The topological polar surface area (TPSA) is 110 Å². The van der Waals surface area contributed by atoms with Crippen molar-refractivity contribution in [1.82, 2.24) is 4.90 Å². The van der Waals surface area contributed by atoms with Gasteiger partial charge in [-0.1, -0.05) is 26.8 Å². The summed E-state index contributed by atoms with van der Waals surface area (Å²) in [6, 6.07) is 3.95. The van der Waals surface area contributed by atoms with Gasteiger partial charge in [0.15, 0.2) is 0 Å². The number of aliphatic carboxylic acids is 1. The number of carboxylic acid groups (broad SMARTS) is 1. The van der Waals surface area contributed by atoms with Crippen molar-refractivity contribution in [3.8, 4) is 0 Å². The highest BCUT2D eigenvalue weighted by molar-refractivity contribution is 5.95. The number of rotatable bonds is 5. The van der Waals surface area contributed by atoms with Gasteiger partial charge in [-0.05, 0) is 17.9 Å². The summed E-state index contributed by atoms with van der Waals surface area (Å²) in [7, 11) is 1.51. The molecule has 2 atom stereocenters. The first-order chi connectivity index (χ1) is 12.0. The summed E-state index contributed by atoms with van der Waals surface area (Å²) in [5.74, 6) is -1.42. The monoisotopic (exact) mass is 364 g/mol. The van der Waals surface area contributed by atoms with E-state index < -0.39 is 28.3 Å². The molecule has 1 N–H and O–H groups in total. The quantitative estimate of drug-likeness (QED) is 0.635. The van der Waals surface area contributed by atoms with E-state index in [1.165, 1.54) is 18.1 Å². The minimum absolute atomic E-state index is 0.111. The number of carbonyl (C=O) groups excluding carboxylic acids is 1. The van der Waals surface area contributed by atoms with Crippen LogP contribution in [0.3, 0.4) is 0 Å². The Kier molecular flexibility index (Phi) is 5.65. The number of ether oxygens (including phenoxy) is 1. The van der Waals surface area contributed by atoms with Gasteiger partial charge in [0, 0.05) is 36.9 Å². The fourth-order valence-electron chi connectivity index (χ4n) is 3.30. The molecular formula is C18H24N2O6. The number of hydrogen-bond acceptors (Lipinski definition) is 5. The smallest absolute Gasteiger partial charge is 0.305 e. The van der Waals surface area contributed by atoms with E-state index in [-0.39, 0.29) is 30.3 Å². The first kappa shape index (κ1) is 19.8. The second-order valence-electron chi connectivity index (χ2n) is 7.54. The molecule has 2 rings (SSSR count). The number of likely N-dealkylation sites (tertiary alicyclic amines) is 1.